The first kappa shape index (κ1) is 11.1. The van der Waals surface area contributed by atoms with Crippen LogP contribution in [0.15, 0.2) is 28.7 Å². The monoisotopic (exact) mass is 253 g/mol. The normalized spacial score (nSPS) is 9.43. The number of nitriles is 1. The smallest absolute Gasteiger partial charge is 0.120 e. The molecule has 0 aliphatic carbocycles. The molecule has 0 amide bonds. The van der Waals surface area contributed by atoms with Gasteiger partial charge in [0.15, 0.2) is 0 Å². The fraction of sp³-hybridized carbons (Fsp3) is 0.364. The Bertz CT molecular complexity index is 319. The number of benzene rings is 1. The molecule has 0 fully saturated rings. The average Bonchev–Trinajstić information content (AvgIpc) is 2.18. The van der Waals surface area contributed by atoms with Crippen molar-refractivity contribution < 1.29 is 4.74 Å². The van der Waals surface area contributed by atoms with E-state index in [-0.39, 0.29) is 0 Å². The Labute approximate surface area is 92.6 Å². The van der Waals surface area contributed by atoms with E-state index in [1.165, 1.54) is 0 Å². The van der Waals surface area contributed by atoms with Gasteiger partial charge in [0.05, 0.1) is 12.7 Å². The van der Waals surface area contributed by atoms with Gasteiger partial charge in [0.2, 0.25) is 0 Å². The van der Waals surface area contributed by atoms with Crippen LogP contribution >= 0.6 is 15.9 Å². The molecule has 1 aromatic carbocycles. The number of rotatable bonds is 5. The zero-order chi connectivity index (χ0) is 10.2. The molecule has 0 unspecified atom stereocenters. The van der Waals surface area contributed by atoms with Crippen molar-refractivity contribution in [1.82, 2.24) is 0 Å². The Balaban J connectivity index is 2.22. The van der Waals surface area contributed by atoms with Gasteiger partial charge in [-0.05, 0) is 31.0 Å². The maximum absolute atomic E-state index is 8.32. The molecule has 0 saturated carbocycles. The molecule has 0 heterocycles. The topological polar surface area (TPSA) is 33.0 Å². The van der Waals surface area contributed by atoms with Crippen molar-refractivity contribution in [3.05, 3.63) is 28.7 Å². The van der Waals surface area contributed by atoms with Gasteiger partial charge < -0.3 is 4.74 Å². The van der Waals surface area contributed by atoms with Crippen LogP contribution in [0.4, 0.5) is 0 Å². The van der Waals surface area contributed by atoms with Gasteiger partial charge in [-0.25, -0.2) is 0 Å². The van der Waals surface area contributed by atoms with E-state index in [9.17, 15) is 0 Å². The first-order valence-electron chi connectivity index (χ1n) is 4.58. The van der Waals surface area contributed by atoms with Gasteiger partial charge in [-0.15, -0.1) is 0 Å². The van der Waals surface area contributed by atoms with Crippen LogP contribution in [0, 0.1) is 11.3 Å². The summed E-state index contributed by atoms with van der Waals surface area (Å²) in [4.78, 5) is 0. The molecular weight excluding hydrogens is 242 g/mol. The summed E-state index contributed by atoms with van der Waals surface area (Å²) in [6.45, 7) is 0.679. The molecule has 0 atom stereocenters. The van der Waals surface area contributed by atoms with Crippen LogP contribution in [-0.2, 0) is 0 Å². The van der Waals surface area contributed by atoms with Crippen molar-refractivity contribution in [3.8, 4) is 11.8 Å². The summed E-state index contributed by atoms with van der Waals surface area (Å²) in [5.74, 6) is 0.872. The van der Waals surface area contributed by atoms with E-state index in [2.05, 4.69) is 22.0 Å². The van der Waals surface area contributed by atoms with E-state index >= 15 is 0 Å². The largest absolute Gasteiger partial charge is 0.494 e. The standard InChI is InChI=1S/C11H12BrNO/c12-10-5-4-6-11(9-10)14-8-3-1-2-7-13/h4-6,9H,1-3,8H2. The highest BCUT2D eigenvalue weighted by Crippen LogP contribution is 2.17. The quantitative estimate of drug-likeness (QED) is 0.753. The molecule has 0 aromatic heterocycles. The number of hydrogen-bond acceptors (Lipinski definition) is 2. The van der Waals surface area contributed by atoms with Gasteiger partial charge in [-0.1, -0.05) is 22.0 Å². The second-order valence-electron chi connectivity index (χ2n) is 2.92. The van der Waals surface area contributed by atoms with Crippen molar-refractivity contribution in [2.24, 2.45) is 0 Å². The number of nitrogens with zero attached hydrogens (tertiary/aromatic N) is 1. The molecule has 0 saturated heterocycles. The van der Waals surface area contributed by atoms with Crippen molar-refractivity contribution in [2.45, 2.75) is 19.3 Å². The molecule has 1 rings (SSSR count). The first-order chi connectivity index (χ1) is 6.83. The van der Waals surface area contributed by atoms with E-state index < -0.39 is 0 Å². The average molecular weight is 254 g/mol. The minimum atomic E-state index is 0.613. The first-order valence-corrected chi connectivity index (χ1v) is 5.37. The van der Waals surface area contributed by atoms with Crippen molar-refractivity contribution in [2.75, 3.05) is 6.61 Å². The third-order valence-corrected chi connectivity index (χ3v) is 2.24. The lowest BCUT2D eigenvalue weighted by molar-refractivity contribution is 0.307. The second-order valence-corrected chi connectivity index (χ2v) is 3.84. The van der Waals surface area contributed by atoms with Gasteiger partial charge in [0, 0.05) is 10.9 Å². The highest BCUT2D eigenvalue weighted by Gasteiger charge is 1.94. The molecule has 0 bridgehead atoms. The summed E-state index contributed by atoms with van der Waals surface area (Å²) < 4.78 is 6.51. The zero-order valence-electron chi connectivity index (χ0n) is 7.87. The van der Waals surface area contributed by atoms with Crippen molar-refractivity contribution in [3.63, 3.8) is 0 Å². The van der Waals surface area contributed by atoms with E-state index in [1.807, 2.05) is 24.3 Å². The summed E-state index contributed by atoms with van der Waals surface area (Å²) in [5.41, 5.74) is 0. The van der Waals surface area contributed by atoms with Crippen LogP contribution in [0.5, 0.6) is 5.75 Å². The Kier molecular flexibility index (Phi) is 5.09. The molecule has 1 aromatic rings. The highest BCUT2D eigenvalue weighted by atomic mass is 79.9. The lowest BCUT2D eigenvalue weighted by Gasteiger charge is -2.04. The highest BCUT2D eigenvalue weighted by molar-refractivity contribution is 9.10. The molecule has 0 spiro atoms. The molecule has 3 heteroatoms. The maximum atomic E-state index is 8.32. The van der Waals surface area contributed by atoms with Crippen LogP contribution in [0.2, 0.25) is 0 Å². The molecule has 14 heavy (non-hydrogen) atoms. The van der Waals surface area contributed by atoms with Gasteiger partial charge in [0.25, 0.3) is 0 Å². The van der Waals surface area contributed by atoms with Crippen LogP contribution in [0.1, 0.15) is 19.3 Å². The number of halogens is 1. The lowest BCUT2D eigenvalue weighted by atomic mass is 10.2. The summed E-state index contributed by atoms with van der Waals surface area (Å²) in [6, 6.07) is 9.87. The number of unbranched alkanes of at least 4 members (excludes halogenated alkanes) is 2. The van der Waals surface area contributed by atoms with Gasteiger partial charge in [-0.3, -0.25) is 0 Å². The molecule has 74 valence electrons. The molecule has 2 nitrogen and oxygen atoms in total. The van der Waals surface area contributed by atoms with Gasteiger partial charge in [0.1, 0.15) is 5.75 Å². The summed E-state index contributed by atoms with van der Waals surface area (Å²) in [7, 11) is 0. The summed E-state index contributed by atoms with van der Waals surface area (Å²) >= 11 is 3.37. The fourth-order valence-corrected chi connectivity index (χ4v) is 1.43. The minimum Gasteiger partial charge on any atom is -0.494 e. The lowest BCUT2D eigenvalue weighted by Crippen LogP contribution is -1.96. The SMILES string of the molecule is N#CCCCCOc1cccc(Br)c1. The molecule has 0 aliphatic rings. The fourth-order valence-electron chi connectivity index (χ4n) is 1.05. The minimum absolute atomic E-state index is 0.613. The van der Waals surface area contributed by atoms with Crippen LogP contribution in [-0.4, -0.2) is 6.61 Å². The Morgan fingerprint density at radius 3 is 2.93 bits per heavy atom. The Hall–Kier alpha value is -1.01. The zero-order valence-corrected chi connectivity index (χ0v) is 9.46. The third-order valence-electron chi connectivity index (χ3n) is 1.75. The number of hydrogen-bond donors (Lipinski definition) is 0. The Morgan fingerprint density at radius 2 is 2.21 bits per heavy atom. The Morgan fingerprint density at radius 1 is 1.36 bits per heavy atom. The van der Waals surface area contributed by atoms with E-state index in [0.29, 0.717) is 13.0 Å². The van der Waals surface area contributed by atoms with Crippen LogP contribution in [0.3, 0.4) is 0 Å². The van der Waals surface area contributed by atoms with Crippen LogP contribution < -0.4 is 4.74 Å². The summed E-state index contributed by atoms with van der Waals surface area (Å²) in [5, 5.41) is 8.32. The second kappa shape index (κ2) is 6.44. The molecule has 0 N–H and O–H groups in total. The molecular formula is C11H12BrNO. The summed E-state index contributed by atoms with van der Waals surface area (Å²) in [6.07, 6.45) is 2.45. The van der Waals surface area contributed by atoms with E-state index in [4.69, 9.17) is 10.00 Å². The molecule has 0 radical (unpaired) electrons. The van der Waals surface area contributed by atoms with Crippen LogP contribution in [0.25, 0.3) is 0 Å². The third kappa shape index (κ3) is 4.29. The predicted octanol–water partition coefficient (Wildman–Crippen LogP) is 3.52. The van der Waals surface area contributed by atoms with Gasteiger partial charge >= 0.3 is 0 Å². The maximum Gasteiger partial charge on any atom is 0.120 e. The van der Waals surface area contributed by atoms with E-state index in [0.717, 1.165) is 23.1 Å². The predicted molar refractivity (Wildman–Crippen MR) is 59.1 cm³/mol. The molecule has 0 aliphatic heterocycles. The number of ether oxygens (including phenoxy) is 1. The van der Waals surface area contributed by atoms with Crippen molar-refractivity contribution in [1.29, 1.82) is 5.26 Å². The van der Waals surface area contributed by atoms with Crippen molar-refractivity contribution >= 4 is 15.9 Å². The van der Waals surface area contributed by atoms with E-state index in [1.54, 1.807) is 0 Å². The van der Waals surface area contributed by atoms with Gasteiger partial charge in [-0.2, -0.15) is 5.26 Å².